The maximum Gasteiger partial charge on any atom is 0.0638 e. The van der Waals surface area contributed by atoms with Crippen LogP contribution in [0.15, 0.2) is 0 Å². The predicted molar refractivity (Wildman–Crippen MR) is 224 cm³/mol. The molecule has 0 saturated carbocycles. The molecule has 10 atom stereocenters. The Morgan fingerprint density at radius 3 is 1.44 bits per heavy atom. The molecular formula is C19H38S17. The maximum atomic E-state index is 5.20. The lowest BCUT2D eigenvalue weighted by Gasteiger charge is -2.38. The van der Waals surface area contributed by atoms with E-state index in [4.69, 9.17) is 50.5 Å². The van der Waals surface area contributed by atoms with Gasteiger partial charge in [0.25, 0.3) is 0 Å². The van der Waals surface area contributed by atoms with Crippen molar-refractivity contribution in [3.63, 3.8) is 0 Å². The minimum Gasteiger partial charge on any atom is -0.178 e. The van der Waals surface area contributed by atoms with E-state index in [1.165, 1.54) is 0 Å². The Morgan fingerprint density at radius 2 is 1.03 bits per heavy atom. The molecule has 1 aliphatic rings. The lowest BCUT2D eigenvalue weighted by Crippen LogP contribution is -2.42. The summed E-state index contributed by atoms with van der Waals surface area (Å²) in [6.45, 7) is 0. The number of thiol groups is 10. The molecule has 17 heteroatoms. The van der Waals surface area contributed by atoms with Gasteiger partial charge in [-0.25, -0.2) is 0 Å². The Morgan fingerprint density at radius 1 is 0.583 bits per heavy atom. The standard InChI is InChI=1S/C19H38S17/c20-3-13(29)18(33-7-24)16(31-5-22)11(27)1-10(26)15(30-4-21)17(32-6-23)12(28)2-14-19(34-8-25)36-9-35-14/h10-29H,1-9H2. The van der Waals surface area contributed by atoms with Crippen LogP contribution in [0.5, 0.6) is 0 Å². The number of hydrogen-bond acceptors (Lipinski definition) is 17. The molecule has 0 amide bonds. The molecule has 0 N–H and O–H groups in total. The summed E-state index contributed by atoms with van der Waals surface area (Å²) in [7, 11) is 0. The van der Waals surface area contributed by atoms with E-state index >= 15 is 0 Å². The Balaban J connectivity index is 3.02. The van der Waals surface area contributed by atoms with Crippen LogP contribution in [0.1, 0.15) is 12.8 Å². The molecule has 1 rings (SSSR count). The molecule has 1 fully saturated rings. The second-order valence-corrected chi connectivity index (χ2v) is 23.2. The number of rotatable bonds is 21. The second-order valence-electron chi connectivity index (χ2n) is 7.62. The zero-order valence-electron chi connectivity index (χ0n) is 19.5. The molecule has 0 nitrogen and oxygen atoms in total. The Bertz CT molecular complexity index is 544. The topological polar surface area (TPSA) is 0 Å². The second kappa shape index (κ2) is 24.2. The van der Waals surface area contributed by atoms with Crippen LogP contribution in [0.3, 0.4) is 0 Å². The van der Waals surface area contributed by atoms with Crippen LogP contribution in [0.25, 0.3) is 0 Å². The first kappa shape index (κ1) is 40.0. The first-order valence-corrected chi connectivity index (χ1v) is 24.2. The van der Waals surface area contributed by atoms with E-state index in [-0.39, 0.29) is 31.5 Å². The van der Waals surface area contributed by atoms with Gasteiger partial charge in [-0.1, -0.05) is 0 Å². The number of hydrogen-bond donors (Lipinski definition) is 10. The lowest BCUT2D eigenvalue weighted by molar-refractivity contribution is 0.617. The first-order valence-electron chi connectivity index (χ1n) is 11.0. The van der Waals surface area contributed by atoms with Gasteiger partial charge in [-0.05, 0) is 12.8 Å². The normalized spacial score (nSPS) is 25.2. The van der Waals surface area contributed by atoms with Crippen molar-refractivity contribution >= 4 is 209 Å². The summed E-state index contributed by atoms with van der Waals surface area (Å²) in [5.41, 5.74) is 0. The summed E-state index contributed by atoms with van der Waals surface area (Å²) in [6, 6.07) is 0. The molecule has 1 heterocycles. The Hall–Kier alpha value is 5.95. The van der Waals surface area contributed by atoms with E-state index in [2.05, 4.69) is 87.5 Å². The van der Waals surface area contributed by atoms with E-state index in [1.54, 1.807) is 0 Å². The molecule has 0 aromatic carbocycles. The van der Waals surface area contributed by atoms with E-state index in [9.17, 15) is 0 Å². The summed E-state index contributed by atoms with van der Waals surface area (Å²) in [6.07, 6.45) is 1.96. The highest BCUT2D eigenvalue weighted by Gasteiger charge is 2.39. The Labute approximate surface area is 305 Å². The van der Waals surface area contributed by atoms with Crippen molar-refractivity contribution in [2.24, 2.45) is 0 Å². The van der Waals surface area contributed by atoms with Gasteiger partial charge in [-0.15, -0.1) is 82.3 Å². The summed E-state index contributed by atoms with van der Waals surface area (Å²) in [5, 5.41) is 7.53. The minimum atomic E-state index is 0.151. The molecule has 216 valence electrons. The smallest absolute Gasteiger partial charge is 0.0638 e. The van der Waals surface area contributed by atoms with E-state index < -0.39 is 0 Å². The zero-order chi connectivity index (χ0) is 27.1. The Kier molecular flexibility index (Phi) is 26.9. The molecule has 36 heavy (non-hydrogen) atoms. The van der Waals surface area contributed by atoms with Gasteiger partial charge < -0.3 is 0 Å². The van der Waals surface area contributed by atoms with Crippen molar-refractivity contribution in [2.45, 2.75) is 64.7 Å². The van der Waals surface area contributed by atoms with Crippen LogP contribution in [-0.2, 0) is 0 Å². The van der Waals surface area contributed by atoms with Crippen LogP contribution in [-0.4, -0.2) is 88.1 Å². The first-order chi connectivity index (χ1) is 17.3. The van der Waals surface area contributed by atoms with Crippen molar-refractivity contribution in [3.05, 3.63) is 0 Å². The fourth-order valence-corrected chi connectivity index (χ4v) is 19.6. The van der Waals surface area contributed by atoms with Gasteiger partial charge in [0.2, 0.25) is 0 Å². The fourth-order valence-electron chi connectivity index (χ4n) is 3.82. The summed E-state index contributed by atoms with van der Waals surface area (Å²) >= 11 is 61.1. The van der Waals surface area contributed by atoms with Crippen LogP contribution in [0.4, 0.5) is 0 Å². The highest BCUT2D eigenvalue weighted by Crippen LogP contribution is 2.47. The van der Waals surface area contributed by atoms with Crippen LogP contribution >= 0.6 is 209 Å². The highest BCUT2D eigenvalue weighted by molar-refractivity contribution is 8.28. The predicted octanol–water partition coefficient (Wildman–Crippen LogP) is 8.60. The summed E-state index contributed by atoms with van der Waals surface area (Å²) < 4.78 is 0.592. The van der Waals surface area contributed by atoms with Crippen LogP contribution in [0, 0.1) is 0 Å². The molecule has 0 bridgehead atoms. The lowest BCUT2D eigenvalue weighted by atomic mass is 10.0. The molecular weight excluding hydrogens is 773 g/mol. The highest BCUT2D eigenvalue weighted by atomic mass is 32.2. The van der Waals surface area contributed by atoms with Crippen molar-refractivity contribution in [1.82, 2.24) is 0 Å². The molecule has 1 aliphatic heterocycles. The molecule has 0 aliphatic carbocycles. The third-order valence-corrected chi connectivity index (χ3v) is 20.8. The third kappa shape index (κ3) is 14.4. The van der Waals surface area contributed by atoms with Crippen molar-refractivity contribution in [1.29, 1.82) is 0 Å². The van der Waals surface area contributed by atoms with Gasteiger partial charge in [0.15, 0.2) is 0 Å². The molecule has 0 aromatic rings. The third-order valence-electron chi connectivity index (χ3n) is 5.43. The van der Waals surface area contributed by atoms with Gasteiger partial charge in [0.05, 0.1) is 4.58 Å². The van der Waals surface area contributed by atoms with E-state index in [0.29, 0.717) is 26.1 Å². The van der Waals surface area contributed by atoms with Crippen molar-refractivity contribution < 1.29 is 0 Å². The minimum absolute atomic E-state index is 0.151. The SMILES string of the molecule is SCSC1SCSC1CC(S)C(SCS)C(SCS)C(S)CC(S)C(SCS)C(SCS)C(S)CS. The fraction of sp³-hybridized carbons (Fsp3) is 1.00. The average molecular weight is 812 g/mol. The molecule has 1 saturated heterocycles. The van der Waals surface area contributed by atoms with Crippen LogP contribution < -0.4 is 0 Å². The summed E-state index contributed by atoms with van der Waals surface area (Å²) in [5.74, 6) is 0.715. The van der Waals surface area contributed by atoms with Gasteiger partial charge >= 0.3 is 0 Å². The quantitative estimate of drug-likeness (QED) is 0.0412. The van der Waals surface area contributed by atoms with Crippen molar-refractivity contribution in [2.75, 3.05) is 36.3 Å². The monoisotopic (exact) mass is 810 g/mol. The molecule has 0 radical (unpaired) electrons. The largest absolute Gasteiger partial charge is 0.178 e. The van der Waals surface area contributed by atoms with Gasteiger partial charge in [-0.2, -0.15) is 126 Å². The van der Waals surface area contributed by atoms with Crippen molar-refractivity contribution in [3.8, 4) is 0 Å². The van der Waals surface area contributed by atoms with Gasteiger partial charge in [0.1, 0.15) is 0 Å². The summed E-state index contributed by atoms with van der Waals surface area (Å²) in [4.78, 5) is 0. The van der Waals surface area contributed by atoms with Crippen LogP contribution in [0.2, 0.25) is 0 Å². The molecule has 0 aromatic heterocycles. The zero-order valence-corrected chi connectivity index (χ0v) is 34.1. The molecule has 0 spiro atoms. The maximum absolute atomic E-state index is 5.20. The van der Waals surface area contributed by atoms with Gasteiger partial charge in [-0.3, -0.25) is 0 Å². The average Bonchev–Trinajstić information content (AvgIpc) is 3.29. The van der Waals surface area contributed by atoms with Gasteiger partial charge in [0, 0.05) is 83.5 Å². The van der Waals surface area contributed by atoms with E-state index in [1.807, 2.05) is 70.6 Å². The number of thioether (sulfide) groups is 7. The molecule has 10 unspecified atom stereocenters. The van der Waals surface area contributed by atoms with E-state index in [0.717, 1.165) is 43.4 Å².